The molecular formula is C13H15N5. The lowest BCUT2D eigenvalue weighted by atomic mass is 10.2. The Labute approximate surface area is 106 Å². The maximum Gasteiger partial charge on any atom is 0.103 e. The van der Waals surface area contributed by atoms with Crippen molar-refractivity contribution in [2.45, 2.75) is 19.9 Å². The summed E-state index contributed by atoms with van der Waals surface area (Å²) in [6, 6.07) is 9.60. The van der Waals surface area contributed by atoms with Gasteiger partial charge in [0.25, 0.3) is 0 Å². The van der Waals surface area contributed by atoms with Gasteiger partial charge >= 0.3 is 0 Å². The highest BCUT2D eigenvalue weighted by molar-refractivity contribution is 5.41. The molecule has 0 saturated heterocycles. The third-order valence-corrected chi connectivity index (χ3v) is 2.99. The Kier molecular flexibility index (Phi) is 3.40. The molecule has 1 atom stereocenters. The quantitative estimate of drug-likeness (QED) is 0.888. The van der Waals surface area contributed by atoms with Gasteiger partial charge in [-0.25, -0.2) is 4.68 Å². The minimum Gasteiger partial charge on any atom is -0.312 e. The second-order valence-corrected chi connectivity index (χ2v) is 4.14. The predicted octanol–water partition coefficient (Wildman–Crippen LogP) is 1.73. The number of benzene rings is 1. The van der Waals surface area contributed by atoms with Gasteiger partial charge in [-0.2, -0.15) is 5.26 Å². The highest BCUT2D eigenvalue weighted by Gasteiger charge is 2.14. The van der Waals surface area contributed by atoms with Crippen molar-refractivity contribution in [3.05, 3.63) is 41.2 Å². The molecule has 1 aromatic heterocycles. The fourth-order valence-corrected chi connectivity index (χ4v) is 1.83. The maximum absolute atomic E-state index is 8.90. The molecule has 2 aromatic rings. The van der Waals surface area contributed by atoms with E-state index < -0.39 is 0 Å². The Balaban J connectivity index is 2.46. The van der Waals surface area contributed by atoms with E-state index in [1.807, 2.05) is 33.0 Å². The van der Waals surface area contributed by atoms with Crippen molar-refractivity contribution in [3.63, 3.8) is 0 Å². The summed E-state index contributed by atoms with van der Waals surface area (Å²) in [5.74, 6) is 0. The molecule has 18 heavy (non-hydrogen) atoms. The first kappa shape index (κ1) is 12.3. The first-order valence-electron chi connectivity index (χ1n) is 5.77. The minimum absolute atomic E-state index is 0.151. The molecule has 5 heteroatoms. The lowest BCUT2D eigenvalue weighted by Crippen LogP contribution is -2.14. The number of hydrogen-bond donors (Lipinski definition) is 1. The zero-order chi connectivity index (χ0) is 13.1. The van der Waals surface area contributed by atoms with Crippen molar-refractivity contribution in [2.24, 2.45) is 0 Å². The summed E-state index contributed by atoms with van der Waals surface area (Å²) in [5.41, 5.74) is 3.37. The van der Waals surface area contributed by atoms with Gasteiger partial charge in [-0.05, 0) is 39.1 Å². The summed E-state index contributed by atoms with van der Waals surface area (Å²) in [5, 5.41) is 20.4. The molecule has 1 unspecified atom stereocenters. The molecule has 0 aliphatic carbocycles. The van der Waals surface area contributed by atoms with Crippen molar-refractivity contribution in [1.82, 2.24) is 20.3 Å². The molecular weight excluding hydrogens is 226 g/mol. The van der Waals surface area contributed by atoms with Gasteiger partial charge in [0.15, 0.2) is 0 Å². The molecule has 0 amide bonds. The van der Waals surface area contributed by atoms with Crippen LogP contribution in [-0.4, -0.2) is 22.0 Å². The second-order valence-electron chi connectivity index (χ2n) is 4.14. The summed E-state index contributed by atoms with van der Waals surface area (Å²) in [7, 11) is 1.89. The summed E-state index contributed by atoms with van der Waals surface area (Å²) in [6.45, 7) is 4.01. The Morgan fingerprint density at radius 3 is 2.89 bits per heavy atom. The van der Waals surface area contributed by atoms with Gasteiger partial charge in [0, 0.05) is 0 Å². The molecule has 0 radical (unpaired) electrons. The van der Waals surface area contributed by atoms with Gasteiger partial charge in [-0.1, -0.05) is 11.3 Å². The lowest BCUT2D eigenvalue weighted by Gasteiger charge is -2.08. The van der Waals surface area contributed by atoms with Crippen LogP contribution in [0.4, 0.5) is 0 Å². The van der Waals surface area contributed by atoms with E-state index in [0.29, 0.717) is 5.56 Å². The van der Waals surface area contributed by atoms with E-state index >= 15 is 0 Å². The second kappa shape index (κ2) is 4.98. The number of nitrogens with one attached hydrogen (secondary N) is 1. The Hall–Kier alpha value is -2.19. The van der Waals surface area contributed by atoms with E-state index in [1.54, 1.807) is 16.8 Å². The molecule has 0 fully saturated rings. The van der Waals surface area contributed by atoms with Crippen LogP contribution in [0.15, 0.2) is 24.3 Å². The van der Waals surface area contributed by atoms with Crippen LogP contribution in [0.1, 0.15) is 29.9 Å². The fraction of sp³-hybridized carbons (Fsp3) is 0.308. The molecule has 0 spiro atoms. The van der Waals surface area contributed by atoms with Crippen molar-refractivity contribution in [3.8, 4) is 11.8 Å². The monoisotopic (exact) mass is 241 g/mol. The van der Waals surface area contributed by atoms with Gasteiger partial charge in [-0.15, -0.1) is 5.10 Å². The van der Waals surface area contributed by atoms with Gasteiger partial charge in [0.1, 0.15) is 5.69 Å². The SMILES string of the molecule is CNC(C)c1nnn(-c2cccc(C#N)c2)c1C. The van der Waals surface area contributed by atoms with Gasteiger partial charge in [0.2, 0.25) is 0 Å². The summed E-state index contributed by atoms with van der Waals surface area (Å²) >= 11 is 0. The number of aromatic nitrogens is 3. The van der Waals surface area contributed by atoms with Crippen molar-refractivity contribution in [1.29, 1.82) is 5.26 Å². The van der Waals surface area contributed by atoms with Crippen molar-refractivity contribution in [2.75, 3.05) is 7.05 Å². The van der Waals surface area contributed by atoms with Crippen LogP contribution >= 0.6 is 0 Å². The molecule has 5 nitrogen and oxygen atoms in total. The Morgan fingerprint density at radius 1 is 1.44 bits per heavy atom. The largest absolute Gasteiger partial charge is 0.312 e. The van der Waals surface area contributed by atoms with Crippen LogP contribution in [0.3, 0.4) is 0 Å². The summed E-state index contributed by atoms with van der Waals surface area (Å²) < 4.78 is 1.75. The molecule has 0 saturated carbocycles. The lowest BCUT2D eigenvalue weighted by molar-refractivity contribution is 0.627. The van der Waals surface area contributed by atoms with Crippen molar-refractivity contribution < 1.29 is 0 Å². The highest BCUT2D eigenvalue weighted by Crippen LogP contribution is 2.17. The minimum atomic E-state index is 0.151. The molecule has 0 aliphatic heterocycles. The van der Waals surface area contributed by atoms with E-state index in [9.17, 15) is 0 Å². The van der Waals surface area contributed by atoms with Crippen LogP contribution in [0.5, 0.6) is 0 Å². The molecule has 1 heterocycles. The third-order valence-electron chi connectivity index (χ3n) is 2.99. The standard InChI is InChI=1S/C13H15N5/c1-9(15-3)13-10(2)18(17-16-13)12-6-4-5-11(7-12)8-14/h4-7,9,15H,1-3H3. The smallest absolute Gasteiger partial charge is 0.103 e. The zero-order valence-electron chi connectivity index (χ0n) is 10.7. The topological polar surface area (TPSA) is 66.5 Å². The Morgan fingerprint density at radius 2 is 2.22 bits per heavy atom. The van der Waals surface area contributed by atoms with E-state index in [-0.39, 0.29) is 6.04 Å². The van der Waals surface area contributed by atoms with Gasteiger partial charge < -0.3 is 5.32 Å². The maximum atomic E-state index is 8.90. The normalized spacial score (nSPS) is 12.1. The van der Waals surface area contributed by atoms with E-state index in [0.717, 1.165) is 17.1 Å². The number of rotatable bonds is 3. The number of nitrogens with zero attached hydrogens (tertiary/aromatic N) is 4. The van der Waals surface area contributed by atoms with Crippen LogP contribution in [0, 0.1) is 18.3 Å². The van der Waals surface area contributed by atoms with E-state index in [1.165, 1.54) is 0 Å². The van der Waals surface area contributed by atoms with Gasteiger partial charge in [-0.3, -0.25) is 0 Å². The third kappa shape index (κ3) is 2.11. The molecule has 0 aliphatic rings. The molecule has 1 aromatic carbocycles. The summed E-state index contributed by atoms with van der Waals surface area (Å²) in [4.78, 5) is 0. The number of nitriles is 1. The van der Waals surface area contributed by atoms with Crippen LogP contribution in [0.2, 0.25) is 0 Å². The molecule has 1 N–H and O–H groups in total. The predicted molar refractivity (Wildman–Crippen MR) is 68.3 cm³/mol. The first-order chi connectivity index (χ1) is 8.67. The van der Waals surface area contributed by atoms with Crippen LogP contribution in [0.25, 0.3) is 5.69 Å². The molecule has 92 valence electrons. The highest BCUT2D eigenvalue weighted by atomic mass is 15.4. The molecule has 0 bridgehead atoms. The Bertz CT molecular complexity index is 594. The summed E-state index contributed by atoms with van der Waals surface area (Å²) in [6.07, 6.45) is 0. The van der Waals surface area contributed by atoms with Crippen molar-refractivity contribution >= 4 is 0 Å². The van der Waals surface area contributed by atoms with E-state index in [4.69, 9.17) is 5.26 Å². The average Bonchev–Trinajstić information content (AvgIpc) is 2.80. The van der Waals surface area contributed by atoms with Gasteiger partial charge in [0.05, 0.1) is 29.1 Å². The zero-order valence-corrected chi connectivity index (χ0v) is 10.7. The van der Waals surface area contributed by atoms with Crippen LogP contribution in [-0.2, 0) is 0 Å². The molecule has 2 rings (SSSR count). The number of hydrogen-bond acceptors (Lipinski definition) is 4. The van der Waals surface area contributed by atoms with E-state index in [2.05, 4.69) is 21.7 Å². The first-order valence-corrected chi connectivity index (χ1v) is 5.77. The van der Waals surface area contributed by atoms with Crippen LogP contribution < -0.4 is 5.32 Å². The average molecular weight is 241 g/mol. The fourth-order valence-electron chi connectivity index (χ4n) is 1.83.